The summed E-state index contributed by atoms with van der Waals surface area (Å²) in [6.45, 7) is 4.10. The summed E-state index contributed by atoms with van der Waals surface area (Å²) >= 11 is 0. The molecule has 0 saturated heterocycles. The molecule has 2 amide bonds. The molecule has 24 heavy (non-hydrogen) atoms. The van der Waals surface area contributed by atoms with E-state index in [1.807, 2.05) is 38.2 Å². The van der Waals surface area contributed by atoms with Gasteiger partial charge in [0.25, 0.3) is 0 Å². The van der Waals surface area contributed by atoms with E-state index in [2.05, 4.69) is 16.4 Å². The number of nitrogens with one attached hydrogen (secondary N) is 2. The van der Waals surface area contributed by atoms with Crippen LogP contribution in [0.1, 0.15) is 32.3 Å². The molecule has 2 rings (SSSR count). The largest absolute Gasteiger partial charge is 0.361 e. The molecule has 0 spiro atoms. The van der Waals surface area contributed by atoms with E-state index in [1.54, 1.807) is 14.1 Å². The zero-order chi connectivity index (χ0) is 17.7. The minimum atomic E-state index is -0.449. The Morgan fingerprint density at radius 1 is 1.21 bits per heavy atom. The number of benzene rings is 1. The van der Waals surface area contributed by atoms with E-state index in [4.69, 9.17) is 0 Å². The van der Waals surface area contributed by atoms with Gasteiger partial charge in [0.15, 0.2) is 0 Å². The predicted molar refractivity (Wildman–Crippen MR) is 96.7 cm³/mol. The van der Waals surface area contributed by atoms with Crippen LogP contribution in [0.4, 0.5) is 0 Å². The standard InChI is InChI=1S/C19H27N3O2/c1-13(2)11-17(19(24)22(3)4)21-18(23)10-9-14-12-20-16-8-6-5-7-15(14)16/h5-8,12-13,17,20H,9-11H2,1-4H3,(H,21,23). The fraction of sp³-hybridized carbons (Fsp3) is 0.474. The van der Waals surface area contributed by atoms with Gasteiger partial charge in [0.05, 0.1) is 0 Å². The van der Waals surface area contributed by atoms with Gasteiger partial charge in [-0.05, 0) is 30.4 Å². The first kappa shape index (κ1) is 18.0. The summed E-state index contributed by atoms with van der Waals surface area (Å²) in [5.41, 5.74) is 2.20. The quantitative estimate of drug-likeness (QED) is 0.820. The van der Waals surface area contributed by atoms with Crippen LogP contribution in [0.2, 0.25) is 0 Å². The minimum absolute atomic E-state index is 0.0517. The predicted octanol–water partition coefficient (Wildman–Crippen LogP) is 2.72. The summed E-state index contributed by atoms with van der Waals surface area (Å²) < 4.78 is 0. The number of aryl methyl sites for hydroxylation is 1. The van der Waals surface area contributed by atoms with Crippen molar-refractivity contribution in [2.75, 3.05) is 14.1 Å². The molecular formula is C19H27N3O2. The monoisotopic (exact) mass is 329 g/mol. The number of para-hydroxylation sites is 1. The maximum absolute atomic E-state index is 12.3. The molecule has 0 aliphatic rings. The fourth-order valence-corrected chi connectivity index (χ4v) is 2.86. The van der Waals surface area contributed by atoms with Crippen LogP contribution >= 0.6 is 0 Å². The molecule has 130 valence electrons. The van der Waals surface area contributed by atoms with Crippen LogP contribution in [0, 0.1) is 5.92 Å². The lowest BCUT2D eigenvalue weighted by atomic mass is 10.0. The van der Waals surface area contributed by atoms with Crippen LogP contribution in [-0.4, -0.2) is 41.8 Å². The van der Waals surface area contributed by atoms with Crippen molar-refractivity contribution in [2.24, 2.45) is 5.92 Å². The minimum Gasteiger partial charge on any atom is -0.361 e. The Kier molecular flexibility index (Phi) is 6.01. The first-order valence-corrected chi connectivity index (χ1v) is 8.44. The van der Waals surface area contributed by atoms with E-state index in [0.717, 1.165) is 16.5 Å². The van der Waals surface area contributed by atoms with Crippen LogP contribution < -0.4 is 5.32 Å². The number of hydrogen-bond acceptors (Lipinski definition) is 2. The Bertz CT molecular complexity index is 703. The third-order valence-electron chi connectivity index (χ3n) is 4.08. The van der Waals surface area contributed by atoms with Crippen molar-refractivity contribution in [1.82, 2.24) is 15.2 Å². The van der Waals surface area contributed by atoms with E-state index in [-0.39, 0.29) is 11.8 Å². The van der Waals surface area contributed by atoms with E-state index >= 15 is 0 Å². The van der Waals surface area contributed by atoms with Gasteiger partial charge in [0.2, 0.25) is 11.8 Å². The van der Waals surface area contributed by atoms with Crippen LogP contribution in [0.3, 0.4) is 0 Å². The Balaban J connectivity index is 1.96. The molecule has 1 unspecified atom stereocenters. The molecule has 1 atom stereocenters. The molecule has 0 fully saturated rings. The fourth-order valence-electron chi connectivity index (χ4n) is 2.86. The van der Waals surface area contributed by atoms with Crippen molar-refractivity contribution in [3.63, 3.8) is 0 Å². The van der Waals surface area contributed by atoms with Gasteiger partial charge in [-0.1, -0.05) is 32.0 Å². The smallest absolute Gasteiger partial charge is 0.244 e. The summed E-state index contributed by atoms with van der Waals surface area (Å²) in [5.74, 6) is 0.207. The molecule has 1 heterocycles. The van der Waals surface area contributed by atoms with E-state index in [0.29, 0.717) is 25.2 Å². The second-order valence-corrected chi connectivity index (χ2v) is 6.84. The van der Waals surface area contributed by atoms with Crippen LogP contribution in [-0.2, 0) is 16.0 Å². The van der Waals surface area contributed by atoms with Gasteiger partial charge in [-0.15, -0.1) is 0 Å². The Hall–Kier alpha value is -2.30. The summed E-state index contributed by atoms with van der Waals surface area (Å²) in [5, 5.41) is 4.05. The third kappa shape index (κ3) is 4.60. The number of rotatable bonds is 7. The molecule has 0 bridgehead atoms. The van der Waals surface area contributed by atoms with Gasteiger partial charge >= 0.3 is 0 Å². The number of H-pyrrole nitrogens is 1. The second-order valence-electron chi connectivity index (χ2n) is 6.84. The first-order chi connectivity index (χ1) is 11.4. The summed E-state index contributed by atoms with van der Waals surface area (Å²) in [6, 6.07) is 7.60. The molecule has 1 aromatic heterocycles. The van der Waals surface area contributed by atoms with Gasteiger partial charge in [0, 0.05) is 37.6 Å². The zero-order valence-corrected chi connectivity index (χ0v) is 14.9. The molecule has 2 aromatic rings. The average Bonchev–Trinajstić information content (AvgIpc) is 2.94. The number of aromatic nitrogens is 1. The van der Waals surface area contributed by atoms with Crippen molar-refractivity contribution < 1.29 is 9.59 Å². The molecule has 0 aliphatic carbocycles. The summed E-state index contributed by atoms with van der Waals surface area (Å²) in [7, 11) is 3.43. The lowest BCUT2D eigenvalue weighted by Crippen LogP contribution is -2.47. The lowest BCUT2D eigenvalue weighted by molar-refractivity contribution is -0.134. The summed E-state index contributed by atoms with van der Waals surface area (Å²) in [6.07, 6.45) is 3.63. The van der Waals surface area contributed by atoms with Gasteiger partial charge < -0.3 is 15.2 Å². The highest BCUT2D eigenvalue weighted by Crippen LogP contribution is 2.19. The molecular weight excluding hydrogens is 302 g/mol. The maximum Gasteiger partial charge on any atom is 0.244 e. The maximum atomic E-state index is 12.3. The third-order valence-corrected chi connectivity index (χ3v) is 4.08. The highest BCUT2D eigenvalue weighted by molar-refractivity contribution is 5.88. The molecule has 0 radical (unpaired) electrons. The molecule has 5 nitrogen and oxygen atoms in total. The number of amides is 2. The number of hydrogen-bond donors (Lipinski definition) is 2. The second kappa shape index (κ2) is 7.99. The average molecular weight is 329 g/mol. The number of likely N-dealkylation sites (N-methyl/N-ethyl adjacent to an activating group) is 1. The van der Waals surface area contributed by atoms with Gasteiger partial charge in [-0.2, -0.15) is 0 Å². The summed E-state index contributed by atoms with van der Waals surface area (Å²) in [4.78, 5) is 29.3. The van der Waals surface area contributed by atoms with Crippen molar-refractivity contribution >= 4 is 22.7 Å². The molecule has 5 heteroatoms. The molecule has 0 saturated carbocycles. The number of aromatic amines is 1. The molecule has 0 aliphatic heterocycles. The highest BCUT2D eigenvalue weighted by atomic mass is 16.2. The van der Waals surface area contributed by atoms with Crippen molar-refractivity contribution in [2.45, 2.75) is 39.2 Å². The molecule has 1 aromatic carbocycles. The van der Waals surface area contributed by atoms with Crippen molar-refractivity contribution in [3.05, 3.63) is 36.0 Å². The topological polar surface area (TPSA) is 65.2 Å². The van der Waals surface area contributed by atoms with Gasteiger partial charge in [0.1, 0.15) is 6.04 Å². The zero-order valence-electron chi connectivity index (χ0n) is 14.9. The number of fused-ring (bicyclic) bond motifs is 1. The van der Waals surface area contributed by atoms with Gasteiger partial charge in [-0.25, -0.2) is 0 Å². The Morgan fingerprint density at radius 3 is 2.58 bits per heavy atom. The van der Waals surface area contributed by atoms with Crippen molar-refractivity contribution in [1.29, 1.82) is 0 Å². The van der Waals surface area contributed by atoms with Crippen LogP contribution in [0.25, 0.3) is 10.9 Å². The normalized spacial score (nSPS) is 12.4. The molecule has 2 N–H and O–H groups in total. The Morgan fingerprint density at radius 2 is 1.92 bits per heavy atom. The number of nitrogens with zero attached hydrogens (tertiary/aromatic N) is 1. The van der Waals surface area contributed by atoms with E-state index in [9.17, 15) is 9.59 Å². The number of carbonyl (C=O) groups is 2. The van der Waals surface area contributed by atoms with Gasteiger partial charge in [-0.3, -0.25) is 9.59 Å². The number of carbonyl (C=O) groups excluding carboxylic acids is 2. The Labute approximate surface area is 143 Å². The van der Waals surface area contributed by atoms with E-state index in [1.165, 1.54) is 4.90 Å². The van der Waals surface area contributed by atoms with Crippen molar-refractivity contribution in [3.8, 4) is 0 Å². The van der Waals surface area contributed by atoms with Crippen LogP contribution in [0.5, 0.6) is 0 Å². The SMILES string of the molecule is CC(C)CC(NC(=O)CCc1c[nH]c2ccccc12)C(=O)N(C)C. The van der Waals surface area contributed by atoms with Crippen LogP contribution in [0.15, 0.2) is 30.5 Å². The highest BCUT2D eigenvalue weighted by Gasteiger charge is 2.23. The lowest BCUT2D eigenvalue weighted by Gasteiger charge is -2.23. The first-order valence-electron chi connectivity index (χ1n) is 8.44. The van der Waals surface area contributed by atoms with E-state index < -0.39 is 6.04 Å².